The molecule has 1 fully saturated rings. The fourth-order valence-electron chi connectivity index (χ4n) is 1.95. The lowest BCUT2D eigenvalue weighted by Crippen LogP contribution is -2.48. The largest absolute Gasteiger partial charge is 0.366 e. The van der Waals surface area contributed by atoms with E-state index >= 15 is 0 Å². The maximum Gasteiger partial charge on any atom is 0.211 e. The quantitative estimate of drug-likeness (QED) is 0.830. The lowest BCUT2D eigenvalue weighted by molar-refractivity contribution is 0.388. The summed E-state index contributed by atoms with van der Waals surface area (Å²) >= 11 is 12.1. The number of pyridine rings is 1. The topological polar surface area (TPSA) is 53.5 Å². The molecular formula is C10H13Cl2N3O2S. The Morgan fingerprint density at radius 3 is 2.06 bits per heavy atom. The van der Waals surface area contributed by atoms with E-state index in [1.54, 1.807) is 0 Å². The monoisotopic (exact) mass is 309 g/mol. The highest BCUT2D eigenvalue weighted by Gasteiger charge is 2.25. The van der Waals surface area contributed by atoms with Crippen LogP contribution < -0.4 is 4.90 Å². The Balaban J connectivity index is 2.15. The number of hydrogen-bond donors (Lipinski definition) is 0. The van der Waals surface area contributed by atoms with E-state index in [0.717, 1.165) is 5.69 Å². The van der Waals surface area contributed by atoms with Crippen LogP contribution in [0.2, 0.25) is 10.0 Å². The van der Waals surface area contributed by atoms with Gasteiger partial charge in [0.05, 0.1) is 22.0 Å². The van der Waals surface area contributed by atoms with Crippen molar-refractivity contribution in [2.75, 3.05) is 37.3 Å². The van der Waals surface area contributed by atoms with E-state index in [-0.39, 0.29) is 0 Å². The van der Waals surface area contributed by atoms with Gasteiger partial charge in [0.2, 0.25) is 10.0 Å². The van der Waals surface area contributed by atoms with Crippen LogP contribution in [0.25, 0.3) is 0 Å². The second-order valence-electron chi connectivity index (χ2n) is 4.10. The van der Waals surface area contributed by atoms with E-state index in [2.05, 4.69) is 4.98 Å². The summed E-state index contributed by atoms with van der Waals surface area (Å²) in [7, 11) is -3.12. The third kappa shape index (κ3) is 2.88. The van der Waals surface area contributed by atoms with E-state index in [1.807, 2.05) is 4.90 Å². The lowest BCUT2D eigenvalue weighted by atomic mass is 10.3. The number of rotatable bonds is 2. The zero-order valence-electron chi connectivity index (χ0n) is 9.81. The summed E-state index contributed by atoms with van der Waals surface area (Å²) in [5, 5.41) is 0.964. The molecule has 0 amide bonds. The highest BCUT2D eigenvalue weighted by Crippen LogP contribution is 2.33. The van der Waals surface area contributed by atoms with E-state index < -0.39 is 10.0 Å². The highest BCUT2D eigenvalue weighted by atomic mass is 35.5. The molecule has 1 aliphatic heterocycles. The molecule has 0 aromatic carbocycles. The Labute approximate surface area is 116 Å². The molecule has 0 unspecified atom stereocenters. The van der Waals surface area contributed by atoms with Gasteiger partial charge in [-0.25, -0.2) is 8.42 Å². The minimum atomic E-state index is -3.12. The number of hydrogen-bond acceptors (Lipinski definition) is 4. The Morgan fingerprint density at radius 1 is 1.11 bits per heavy atom. The number of sulfonamides is 1. The normalized spacial score (nSPS) is 18.1. The zero-order chi connectivity index (χ0) is 13.3. The second kappa shape index (κ2) is 5.21. The molecule has 1 aromatic heterocycles. The molecule has 0 spiro atoms. The molecule has 0 aliphatic carbocycles. The average molecular weight is 310 g/mol. The molecule has 1 aliphatic rings. The van der Waals surface area contributed by atoms with Gasteiger partial charge in [-0.1, -0.05) is 23.2 Å². The van der Waals surface area contributed by atoms with Crippen molar-refractivity contribution in [1.29, 1.82) is 0 Å². The molecule has 2 heterocycles. The van der Waals surface area contributed by atoms with Gasteiger partial charge in [-0.05, 0) is 0 Å². The number of anilines is 1. The van der Waals surface area contributed by atoms with Gasteiger partial charge < -0.3 is 4.90 Å². The van der Waals surface area contributed by atoms with Gasteiger partial charge >= 0.3 is 0 Å². The standard InChI is InChI=1S/C10H13Cl2N3O2S/c1-18(16,17)15-4-2-14(3-5-15)10-8(11)6-13-7-9(10)12/h6-7H,2-5H2,1H3. The van der Waals surface area contributed by atoms with E-state index in [0.29, 0.717) is 36.2 Å². The minimum Gasteiger partial charge on any atom is -0.366 e. The molecule has 0 saturated carbocycles. The van der Waals surface area contributed by atoms with Crippen molar-refractivity contribution in [3.63, 3.8) is 0 Å². The Bertz CT molecular complexity index is 522. The lowest BCUT2D eigenvalue weighted by Gasteiger charge is -2.35. The van der Waals surface area contributed by atoms with Crippen LogP contribution in [0.1, 0.15) is 0 Å². The van der Waals surface area contributed by atoms with Crippen molar-refractivity contribution < 1.29 is 8.42 Å². The first-order valence-electron chi connectivity index (χ1n) is 5.38. The maximum atomic E-state index is 11.4. The van der Waals surface area contributed by atoms with Gasteiger partial charge in [0.1, 0.15) is 0 Å². The number of halogens is 2. The van der Waals surface area contributed by atoms with Crippen LogP contribution in [-0.2, 0) is 10.0 Å². The van der Waals surface area contributed by atoms with Gasteiger partial charge in [-0.15, -0.1) is 0 Å². The molecule has 18 heavy (non-hydrogen) atoms. The fraction of sp³-hybridized carbons (Fsp3) is 0.500. The van der Waals surface area contributed by atoms with Crippen LogP contribution in [0.15, 0.2) is 12.4 Å². The molecule has 0 atom stereocenters. The predicted octanol–water partition coefficient (Wildman–Crippen LogP) is 1.47. The number of nitrogens with zero attached hydrogens (tertiary/aromatic N) is 3. The summed E-state index contributed by atoms with van der Waals surface area (Å²) < 4.78 is 24.3. The summed E-state index contributed by atoms with van der Waals surface area (Å²) in [6, 6.07) is 0. The summed E-state index contributed by atoms with van der Waals surface area (Å²) in [6.07, 6.45) is 4.28. The molecule has 1 aromatic rings. The molecule has 2 rings (SSSR count). The van der Waals surface area contributed by atoms with E-state index in [9.17, 15) is 8.42 Å². The maximum absolute atomic E-state index is 11.4. The van der Waals surface area contributed by atoms with E-state index in [1.165, 1.54) is 23.0 Å². The first-order valence-corrected chi connectivity index (χ1v) is 7.99. The predicted molar refractivity (Wildman–Crippen MR) is 72.9 cm³/mol. The van der Waals surface area contributed by atoms with Crippen molar-refractivity contribution in [2.45, 2.75) is 0 Å². The molecule has 0 radical (unpaired) electrons. The van der Waals surface area contributed by atoms with Crippen LogP contribution in [-0.4, -0.2) is 50.1 Å². The van der Waals surface area contributed by atoms with Crippen molar-refractivity contribution >= 4 is 38.9 Å². The van der Waals surface area contributed by atoms with Crippen molar-refractivity contribution in [1.82, 2.24) is 9.29 Å². The summed E-state index contributed by atoms with van der Waals surface area (Å²) in [6.45, 7) is 2.01. The Morgan fingerprint density at radius 2 is 1.61 bits per heavy atom. The average Bonchev–Trinajstić information content (AvgIpc) is 2.28. The van der Waals surface area contributed by atoms with Crippen LogP contribution in [0.5, 0.6) is 0 Å². The molecule has 5 nitrogen and oxygen atoms in total. The van der Waals surface area contributed by atoms with Crippen LogP contribution in [0, 0.1) is 0 Å². The SMILES string of the molecule is CS(=O)(=O)N1CCN(c2c(Cl)cncc2Cl)CC1. The van der Waals surface area contributed by atoms with Gasteiger partial charge in [-0.3, -0.25) is 4.98 Å². The first-order chi connectivity index (χ1) is 8.39. The molecule has 1 saturated heterocycles. The minimum absolute atomic E-state index is 0.438. The second-order valence-corrected chi connectivity index (χ2v) is 6.90. The number of piperazine rings is 1. The van der Waals surface area contributed by atoms with Crippen LogP contribution in [0.3, 0.4) is 0 Å². The molecular weight excluding hydrogens is 297 g/mol. The Hall–Kier alpha value is -0.560. The third-order valence-corrected chi connectivity index (χ3v) is 4.71. The van der Waals surface area contributed by atoms with Gasteiger partial charge in [0, 0.05) is 38.6 Å². The van der Waals surface area contributed by atoms with Crippen LogP contribution >= 0.6 is 23.2 Å². The Kier molecular flexibility index (Phi) is 4.01. The first kappa shape index (κ1) is 13.9. The molecule has 8 heteroatoms. The fourth-order valence-corrected chi connectivity index (χ4v) is 3.38. The van der Waals surface area contributed by atoms with Gasteiger partial charge in [0.25, 0.3) is 0 Å². The molecule has 100 valence electrons. The molecule has 0 bridgehead atoms. The molecule has 0 N–H and O–H groups in total. The van der Waals surface area contributed by atoms with Crippen molar-refractivity contribution in [3.05, 3.63) is 22.4 Å². The van der Waals surface area contributed by atoms with Crippen molar-refractivity contribution in [3.8, 4) is 0 Å². The van der Waals surface area contributed by atoms with Gasteiger partial charge in [0.15, 0.2) is 0 Å². The smallest absolute Gasteiger partial charge is 0.211 e. The highest BCUT2D eigenvalue weighted by molar-refractivity contribution is 7.88. The third-order valence-electron chi connectivity index (χ3n) is 2.85. The summed E-state index contributed by atoms with van der Waals surface area (Å²) in [4.78, 5) is 5.88. The summed E-state index contributed by atoms with van der Waals surface area (Å²) in [5.74, 6) is 0. The van der Waals surface area contributed by atoms with Gasteiger partial charge in [-0.2, -0.15) is 4.31 Å². The van der Waals surface area contributed by atoms with E-state index in [4.69, 9.17) is 23.2 Å². The zero-order valence-corrected chi connectivity index (χ0v) is 12.1. The number of aromatic nitrogens is 1. The van der Waals surface area contributed by atoms with Crippen molar-refractivity contribution in [2.24, 2.45) is 0 Å². The van der Waals surface area contributed by atoms with Crippen LogP contribution in [0.4, 0.5) is 5.69 Å². The summed E-state index contributed by atoms with van der Waals surface area (Å²) in [5.41, 5.74) is 0.724.